The van der Waals surface area contributed by atoms with Gasteiger partial charge in [-0.1, -0.05) is 6.07 Å². The van der Waals surface area contributed by atoms with Crippen LogP contribution in [-0.4, -0.2) is 54.7 Å². The molecule has 3 rings (SSSR count). The van der Waals surface area contributed by atoms with Crippen molar-refractivity contribution in [3.8, 4) is 0 Å². The number of sulfonamides is 1. The summed E-state index contributed by atoms with van der Waals surface area (Å²) in [5, 5.41) is 1.71. The number of carbonyl (C=O) groups excluding carboxylic acids is 1. The quantitative estimate of drug-likeness (QED) is 0.833. The van der Waals surface area contributed by atoms with Gasteiger partial charge in [0.15, 0.2) is 0 Å². The monoisotopic (exact) mass is 365 g/mol. The highest BCUT2D eigenvalue weighted by molar-refractivity contribution is 7.89. The molecular formula is C16H19N3O3S2. The lowest BCUT2D eigenvalue weighted by atomic mass is 10.1. The molecule has 1 aromatic carbocycles. The minimum atomic E-state index is -3.52. The van der Waals surface area contributed by atoms with E-state index in [-0.39, 0.29) is 5.91 Å². The van der Waals surface area contributed by atoms with Crippen molar-refractivity contribution in [2.75, 3.05) is 26.2 Å². The molecule has 6 nitrogen and oxygen atoms in total. The molecule has 1 aliphatic heterocycles. The van der Waals surface area contributed by atoms with Gasteiger partial charge in [0, 0.05) is 31.6 Å². The molecule has 0 radical (unpaired) electrons. The molecule has 1 saturated heterocycles. The summed E-state index contributed by atoms with van der Waals surface area (Å²) in [5.74, 6) is -0.139. The first-order valence-electron chi connectivity index (χ1n) is 7.64. The number of aromatic nitrogens is 1. The first-order chi connectivity index (χ1) is 11.4. The maximum Gasteiger partial charge on any atom is 0.273 e. The first kappa shape index (κ1) is 17.1. The van der Waals surface area contributed by atoms with E-state index in [9.17, 15) is 13.2 Å². The van der Waals surface area contributed by atoms with Gasteiger partial charge in [0.25, 0.3) is 5.91 Å². The van der Waals surface area contributed by atoms with Gasteiger partial charge in [0.05, 0.1) is 10.4 Å². The third kappa shape index (κ3) is 3.22. The Morgan fingerprint density at radius 1 is 1.12 bits per heavy atom. The Balaban J connectivity index is 1.71. The molecule has 0 bridgehead atoms. The van der Waals surface area contributed by atoms with Gasteiger partial charge >= 0.3 is 0 Å². The summed E-state index contributed by atoms with van der Waals surface area (Å²) in [5.41, 5.74) is 4.06. The number of nitrogens with zero attached hydrogens (tertiary/aromatic N) is 3. The maximum atomic E-state index is 12.8. The molecule has 2 heterocycles. The van der Waals surface area contributed by atoms with Crippen molar-refractivity contribution in [1.82, 2.24) is 14.2 Å². The number of thiazole rings is 1. The van der Waals surface area contributed by atoms with Gasteiger partial charge in [-0.3, -0.25) is 4.79 Å². The molecule has 0 saturated carbocycles. The Kier molecular flexibility index (Phi) is 4.71. The van der Waals surface area contributed by atoms with E-state index in [4.69, 9.17) is 0 Å². The van der Waals surface area contributed by atoms with E-state index in [1.54, 1.807) is 27.9 Å². The van der Waals surface area contributed by atoms with Crippen molar-refractivity contribution >= 4 is 27.3 Å². The highest BCUT2D eigenvalue weighted by Crippen LogP contribution is 2.21. The number of hydrogen-bond donors (Lipinski definition) is 0. The predicted molar refractivity (Wildman–Crippen MR) is 92.7 cm³/mol. The molecule has 0 atom stereocenters. The van der Waals surface area contributed by atoms with Gasteiger partial charge < -0.3 is 4.90 Å². The van der Waals surface area contributed by atoms with E-state index in [2.05, 4.69) is 4.98 Å². The number of amides is 1. The van der Waals surface area contributed by atoms with Crippen molar-refractivity contribution in [1.29, 1.82) is 0 Å². The van der Waals surface area contributed by atoms with Gasteiger partial charge in [-0.25, -0.2) is 13.4 Å². The van der Waals surface area contributed by atoms with E-state index in [0.717, 1.165) is 11.1 Å². The van der Waals surface area contributed by atoms with Gasteiger partial charge in [0.1, 0.15) is 5.69 Å². The van der Waals surface area contributed by atoms with Crippen molar-refractivity contribution in [2.45, 2.75) is 18.7 Å². The molecule has 2 aromatic rings. The van der Waals surface area contributed by atoms with E-state index < -0.39 is 10.0 Å². The van der Waals surface area contributed by atoms with Crippen LogP contribution in [0.15, 0.2) is 34.0 Å². The largest absolute Gasteiger partial charge is 0.335 e. The summed E-state index contributed by atoms with van der Waals surface area (Å²) in [6.07, 6.45) is 0. The van der Waals surface area contributed by atoms with Crippen LogP contribution in [0.2, 0.25) is 0 Å². The van der Waals surface area contributed by atoms with Crippen molar-refractivity contribution < 1.29 is 13.2 Å². The Bertz CT molecular complexity index is 839. The van der Waals surface area contributed by atoms with E-state index in [1.807, 2.05) is 19.9 Å². The molecule has 1 fully saturated rings. The van der Waals surface area contributed by atoms with Crippen LogP contribution >= 0.6 is 11.3 Å². The van der Waals surface area contributed by atoms with Crippen molar-refractivity contribution in [3.63, 3.8) is 0 Å². The smallest absolute Gasteiger partial charge is 0.273 e. The van der Waals surface area contributed by atoms with Crippen molar-refractivity contribution in [3.05, 3.63) is 45.9 Å². The van der Waals surface area contributed by atoms with Crippen LogP contribution in [0.4, 0.5) is 0 Å². The topological polar surface area (TPSA) is 70.6 Å². The molecule has 1 amide bonds. The fourth-order valence-corrected chi connectivity index (χ4v) is 4.67. The number of carbonyl (C=O) groups is 1. The normalized spacial score (nSPS) is 16.3. The summed E-state index contributed by atoms with van der Waals surface area (Å²) < 4.78 is 27.0. The van der Waals surface area contributed by atoms with E-state index in [0.29, 0.717) is 36.8 Å². The Labute approximate surface area is 145 Å². The summed E-state index contributed by atoms with van der Waals surface area (Å²) in [4.78, 5) is 18.3. The summed E-state index contributed by atoms with van der Waals surface area (Å²) in [6.45, 7) is 5.20. The maximum absolute atomic E-state index is 12.8. The third-order valence-corrected chi connectivity index (χ3v) is 6.77. The van der Waals surface area contributed by atoms with Gasteiger partial charge in [-0.2, -0.15) is 4.31 Å². The van der Waals surface area contributed by atoms with Gasteiger partial charge in [-0.05, 0) is 37.1 Å². The van der Waals surface area contributed by atoms with Crippen LogP contribution < -0.4 is 0 Å². The molecule has 24 heavy (non-hydrogen) atoms. The van der Waals surface area contributed by atoms with E-state index >= 15 is 0 Å². The molecule has 0 N–H and O–H groups in total. The standard InChI is InChI=1S/C16H19N3O3S2/c1-12-3-4-14(9-13(12)2)24(21,22)19-7-5-18(6-8-19)16(20)15-10-23-11-17-15/h3-4,9-11H,5-8H2,1-2H3. The minimum Gasteiger partial charge on any atom is -0.335 e. The zero-order valence-corrected chi connectivity index (χ0v) is 15.2. The zero-order chi connectivity index (χ0) is 17.3. The molecule has 8 heteroatoms. The number of piperazine rings is 1. The lowest BCUT2D eigenvalue weighted by Crippen LogP contribution is -2.50. The molecule has 1 aromatic heterocycles. The van der Waals surface area contributed by atoms with Gasteiger partial charge in [-0.15, -0.1) is 11.3 Å². The molecule has 1 aliphatic rings. The van der Waals surface area contributed by atoms with E-state index in [1.165, 1.54) is 15.6 Å². The second-order valence-corrected chi connectivity index (χ2v) is 8.47. The van der Waals surface area contributed by atoms with Gasteiger partial charge in [0.2, 0.25) is 10.0 Å². The minimum absolute atomic E-state index is 0.139. The third-order valence-electron chi connectivity index (χ3n) is 4.29. The summed E-state index contributed by atoms with van der Waals surface area (Å²) in [6, 6.07) is 5.17. The average molecular weight is 365 g/mol. The Hall–Kier alpha value is -1.77. The Morgan fingerprint density at radius 2 is 1.83 bits per heavy atom. The molecule has 0 spiro atoms. The fourth-order valence-electron chi connectivity index (χ4n) is 2.64. The second-order valence-electron chi connectivity index (χ2n) is 5.82. The average Bonchev–Trinajstić information content (AvgIpc) is 3.11. The highest BCUT2D eigenvalue weighted by atomic mass is 32.2. The van der Waals surface area contributed by atoms with Crippen molar-refractivity contribution in [2.24, 2.45) is 0 Å². The Morgan fingerprint density at radius 3 is 2.42 bits per heavy atom. The number of benzene rings is 1. The van der Waals surface area contributed by atoms with Crippen LogP contribution in [-0.2, 0) is 10.0 Å². The second kappa shape index (κ2) is 6.62. The molecule has 0 aliphatic carbocycles. The van der Waals surface area contributed by atoms with Crippen LogP contribution in [0, 0.1) is 13.8 Å². The SMILES string of the molecule is Cc1ccc(S(=O)(=O)N2CCN(C(=O)c3cscn3)CC2)cc1C. The predicted octanol–water partition coefficient (Wildman–Crippen LogP) is 1.91. The number of rotatable bonds is 3. The fraction of sp³-hybridized carbons (Fsp3) is 0.375. The number of aryl methyl sites for hydroxylation is 2. The molecule has 0 unspecified atom stereocenters. The lowest BCUT2D eigenvalue weighted by Gasteiger charge is -2.33. The van der Waals surface area contributed by atoms with Crippen LogP contribution in [0.5, 0.6) is 0 Å². The molecular weight excluding hydrogens is 346 g/mol. The van der Waals surface area contributed by atoms with Crippen LogP contribution in [0.25, 0.3) is 0 Å². The summed E-state index contributed by atoms with van der Waals surface area (Å²) >= 11 is 1.37. The highest BCUT2D eigenvalue weighted by Gasteiger charge is 2.30. The van der Waals surface area contributed by atoms with Crippen LogP contribution in [0.3, 0.4) is 0 Å². The zero-order valence-electron chi connectivity index (χ0n) is 13.6. The molecule has 128 valence electrons. The lowest BCUT2D eigenvalue weighted by molar-refractivity contribution is 0.0693. The number of hydrogen-bond acceptors (Lipinski definition) is 5. The first-order valence-corrected chi connectivity index (χ1v) is 10.0. The van der Waals surface area contributed by atoms with Crippen LogP contribution in [0.1, 0.15) is 21.6 Å². The summed E-state index contributed by atoms with van der Waals surface area (Å²) in [7, 11) is -3.52.